The van der Waals surface area contributed by atoms with E-state index < -0.39 is 5.97 Å². The summed E-state index contributed by atoms with van der Waals surface area (Å²) in [7, 11) is 0. The first-order valence-corrected chi connectivity index (χ1v) is 5.88. The number of H-pyrrole nitrogens is 1. The third-order valence-corrected chi connectivity index (χ3v) is 3.52. The zero-order valence-corrected chi connectivity index (χ0v) is 9.60. The van der Waals surface area contributed by atoms with E-state index in [0.29, 0.717) is 17.4 Å². The van der Waals surface area contributed by atoms with Crippen LogP contribution in [0.5, 0.6) is 0 Å². The Kier molecular flexibility index (Phi) is 2.18. The lowest BCUT2D eigenvalue weighted by molar-refractivity contribution is 0.0699. The van der Waals surface area contributed by atoms with Gasteiger partial charge in [-0.15, -0.1) is 0 Å². The second-order valence-corrected chi connectivity index (χ2v) is 4.76. The summed E-state index contributed by atoms with van der Waals surface area (Å²) in [5.74, 6) is 1.09. The van der Waals surface area contributed by atoms with Crippen LogP contribution in [0, 0.1) is 5.92 Å². The number of nitrogens with one attached hydrogen (secondary N) is 1. The zero-order chi connectivity index (χ0) is 12.0. The molecule has 2 N–H and O–H groups in total. The molecule has 1 aromatic heterocycles. The summed E-state index contributed by atoms with van der Waals surface area (Å²) in [4.78, 5) is 18.8. The molecular weight excluding hydrogens is 216 g/mol. The molecule has 4 nitrogen and oxygen atoms in total. The molecule has 0 radical (unpaired) electrons. The van der Waals surface area contributed by atoms with Gasteiger partial charge in [0.2, 0.25) is 0 Å². The van der Waals surface area contributed by atoms with Gasteiger partial charge in [-0.2, -0.15) is 0 Å². The number of nitrogens with zero attached hydrogens (tertiary/aromatic N) is 1. The molecule has 1 aliphatic rings. The van der Waals surface area contributed by atoms with E-state index in [-0.39, 0.29) is 5.56 Å². The van der Waals surface area contributed by atoms with E-state index in [9.17, 15) is 4.79 Å². The van der Waals surface area contributed by atoms with Crippen LogP contribution in [0.2, 0.25) is 0 Å². The lowest BCUT2D eigenvalue weighted by Gasteiger charge is -2.04. The van der Waals surface area contributed by atoms with Crippen molar-refractivity contribution in [2.24, 2.45) is 5.92 Å². The molecule has 0 bridgehead atoms. The van der Waals surface area contributed by atoms with Gasteiger partial charge in [0.15, 0.2) is 0 Å². The van der Waals surface area contributed by atoms with Crippen molar-refractivity contribution in [1.29, 1.82) is 0 Å². The molecule has 1 unspecified atom stereocenters. The lowest BCUT2D eigenvalue weighted by atomic mass is 10.1. The third-order valence-electron chi connectivity index (χ3n) is 3.52. The van der Waals surface area contributed by atoms with Crippen molar-refractivity contribution in [3.8, 4) is 0 Å². The van der Waals surface area contributed by atoms with Gasteiger partial charge in [0.05, 0.1) is 11.1 Å². The molecule has 2 aromatic rings. The molecule has 1 aromatic carbocycles. The monoisotopic (exact) mass is 230 g/mol. The molecule has 88 valence electrons. The maximum atomic E-state index is 11.1. The molecule has 3 rings (SSSR count). The first-order valence-electron chi connectivity index (χ1n) is 5.88. The minimum Gasteiger partial charge on any atom is -0.478 e. The van der Waals surface area contributed by atoms with Gasteiger partial charge < -0.3 is 10.1 Å². The maximum absolute atomic E-state index is 11.1. The predicted molar refractivity (Wildman–Crippen MR) is 64.2 cm³/mol. The smallest absolute Gasteiger partial charge is 0.337 e. The number of aromatic nitrogens is 2. The van der Waals surface area contributed by atoms with Gasteiger partial charge in [0.25, 0.3) is 0 Å². The molecule has 1 atom stereocenters. The minimum atomic E-state index is -0.923. The van der Waals surface area contributed by atoms with E-state index in [2.05, 4.69) is 16.9 Å². The highest BCUT2D eigenvalue weighted by Gasteiger charge is 2.31. The first-order chi connectivity index (χ1) is 8.16. The fourth-order valence-electron chi connectivity index (χ4n) is 2.26. The largest absolute Gasteiger partial charge is 0.478 e. The van der Waals surface area contributed by atoms with Crippen LogP contribution in [0.4, 0.5) is 0 Å². The van der Waals surface area contributed by atoms with Crippen molar-refractivity contribution in [3.63, 3.8) is 0 Å². The van der Waals surface area contributed by atoms with Gasteiger partial charge in [0.1, 0.15) is 11.3 Å². The molecule has 1 heterocycles. The summed E-state index contributed by atoms with van der Waals surface area (Å²) in [5.41, 5.74) is 1.66. The van der Waals surface area contributed by atoms with Crippen molar-refractivity contribution < 1.29 is 9.90 Å². The normalized spacial score (nSPS) is 17.2. The molecule has 4 heteroatoms. The fourth-order valence-corrected chi connectivity index (χ4v) is 2.26. The lowest BCUT2D eigenvalue weighted by Crippen LogP contribution is -1.99. The molecule has 1 saturated carbocycles. The van der Waals surface area contributed by atoms with Crippen LogP contribution in [-0.2, 0) is 0 Å². The van der Waals surface area contributed by atoms with E-state index in [1.807, 2.05) is 6.07 Å². The second kappa shape index (κ2) is 3.58. The third kappa shape index (κ3) is 1.69. The maximum Gasteiger partial charge on any atom is 0.337 e. The van der Waals surface area contributed by atoms with Crippen LogP contribution in [0.1, 0.15) is 41.9 Å². The van der Waals surface area contributed by atoms with Crippen molar-refractivity contribution in [2.75, 3.05) is 0 Å². The Balaban J connectivity index is 2.11. The summed E-state index contributed by atoms with van der Waals surface area (Å²) in [6.07, 6.45) is 2.51. The number of hydrogen-bond acceptors (Lipinski definition) is 2. The fraction of sp³-hybridized carbons (Fsp3) is 0.385. The van der Waals surface area contributed by atoms with Crippen LogP contribution in [-0.4, -0.2) is 21.0 Å². The van der Waals surface area contributed by atoms with Gasteiger partial charge >= 0.3 is 5.97 Å². The number of carboxylic acid groups (broad SMARTS) is 1. The minimum absolute atomic E-state index is 0.271. The molecule has 17 heavy (non-hydrogen) atoms. The predicted octanol–water partition coefficient (Wildman–Crippen LogP) is 2.77. The average molecular weight is 230 g/mol. The Labute approximate surface area is 98.7 Å². The Morgan fingerprint density at radius 2 is 2.29 bits per heavy atom. The van der Waals surface area contributed by atoms with Gasteiger partial charge in [-0.25, -0.2) is 9.78 Å². The highest BCUT2D eigenvalue weighted by Crippen LogP contribution is 2.41. The zero-order valence-electron chi connectivity index (χ0n) is 9.60. The van der Waals surface area contributed by atoms with Gasteiger partial charge in [-0.05, 0) is 30.9 Å². The van der Waals surface area contributed by atoms with E-state index >= 15 is 0 Å². The SMILES string of the molecule is CC(c1nc2c(C(=O)O)cccc2[nH]1)C1CC1. The number of hydrogen-bond donors (Lipinski definition) is 2. The van der Waals surface area contributed by atoms with E-state index in [1.165, 1.54) is 12.8 Å². The summed E-state index contributed by atoms with van der Waals surface area (Å²) >= 11 is 0. The summed E-state index contributed by atoms with van der Waals surface area (Å²) < 4.78 is 0. The number of para-hydroxylation sites is 1. The van der Waals surface area contributed by atoms with E-state index in [1.54, 1.807) is 12.1 Å². The highest BCUT2D eigenvalue weighted by atomic mass is 16.4. The number of carbonyl (C=O) groups is 1. The van der Waals surface area contributed by atoms with Crippen molar-refractivity contribution in [1.82, 2.24) is 9.97 Å². The Morgan fingerprint density at radius 3 is 2.94 bits per heavy atom. The van der Waals surface area contributed by atoms with E-state index in [4.69, 9.17) is 5.11 Å². The Hall–Kier alpha value is -1.84. The molecule has 0 aliphatic heterocycles. The summed E-state index contributed by atoms with van der Waals surface area (Å²) in [5, 5.41) is 9.10. The number of imidazole rings is 1. The quantitative estimate of drug-likeness (QED) is 0.852. The van der Waals surface area contributed by atoms with Crippen LogP contribution in [0.3, 0.4) is 0 Å². The molecule has 1 aliphatic carbocycles. The average Bonchev–Trinajstić information content (AvgIpc) is 3.05. The standard InChI is InChI=1S/C13H14N2O2/c1-7(8-5-6-8)12-14-10-4-2-3-9(13(16)17)11(10)15-12/h2-4,7-8H,5-6H2,1H3,(H,14,15)(H,16,17). The molecular formula is C13H14N2O2. The van der Waals surface area contributed by atoms with Crippen molar-refractivity contribution in [2.45, 2.75) is 25.7 Å². The van der Waals surface area contributed by atoms with Gasteiger partial charge in [-0.1, -0.05) is 13.0 Å². The molecule has 0 amide bonds. The van der Waals surface area contributed by atoms with E-state index in [0.717, 1.165) is 11.3 Å². The first kappa shape index (κ1) is 10.3. The number of aromatic carboxylic acids is 1. The number of benzene rings is 1. The van der Waals surface area contributed by atoms with Crippen LogP contribution < -0.4 is 0 Å². The molecule has 0 spiro atoms. The molecule has 0 saturated heterocycles. The number of fused-ring (bicyclic) bond motifs is 1. The number of rotatable bonds is 3. The molecule has 1 fully saturated rings. The number of carboxylic acids is 1. The van der Waals surface area contributed by atoms with Crippen LogP contribution in [0.15, 0.2) is 18.2 Å². The van der Waals surface area contributed by atoms with Crippen molar-refractivity contribution >= 4 is 17.0 Å². The second-order valence-electron chi connectivity index (χ2n) is 4.76. The summed E-state index contributed by atoms with van der Waals surface area (Å²) in [6, 6.07) is 5.21. The van der Waals surface area contributed by atoms with Crippen LogP contribution in [0.25, 0.3) is 11.0 Å². The van der Waals surface area contributed by atoms with Gasteiger partial charge in [-0.3, -0.25) is 0 Å². The highest BCUT2D eigenvalue weighted by molar-refractivity contribution is 6.00. The van der Waals surface area contributed by atoms with Crippen molar-refractivity contribution in [3.05, 3.63) is 29.6 Å². The summed E-state index contributed by atoms with van der Waals surface area (Å²) in [6.45, 7) is 2.15. The Morgan fingerprint density at radius 1 is 1.53 bits per heavy atom. The topological polar surface area (TPSA) is 66.0 Å². The Bertz CT molecular complexity index is 584. The van der Waals surface area contributed by atoms with Crippen LogP contribution >= 0.6 is 0 Å². The number of aromatic amines is 1. The van der Waals surface area contributed by atoms with Gasteiger partial charge in [0, 0.05) is 5.92 Å².